The third-order valence-electron chi connectivity index (χ3n) is 2.28. The third kappa shape index (κ3) is 4.82. The number of aliphatic carboxylic acids is 1. The van der Waals surface area contributed by atoms with E-state index in [1.54, 1.807) is 0 Å². The van der Waals surface area contributed by atoms with Crippen LogP contribution in [0.2, 0.25) is 0 Å². The number of carboxylic acid groups (broad SMARTS) is 1. The van der Waals surface area contributed by atoms with Crippen LogP contribution in [0.25, 0.3) is 0 Å². The second-order valence-corrected chi connectivity index (χ2v) is 5.65. The van der Waals surface area contributed by atoms with Crippen molar-refractivity contribution in [3.8, 4) is 0 Å². The highest BCUT2D eigenvalue weighted by atomic mass is 32.2. The van der Waals surface area contributed by atoms with Crippen LogP contribution in [0.15, 0.2) is 30.3 Å². The standard InChI is InChI=1S/C11H16N2O4S/c1-13(9-10-5-3-2-4-6-10)18(16,17)12-8-7-11(14)15/h2-6,12H,7-9H2,1H3,(H,14,15). The molecule has 0 aliphatic heterocycles. The summed E-state index contributed by atoms with van der Waals surface area (Å²) < 4.78 is 26.8. The first-order chi connectivity index (χ1) is 8.42. The van der Waals surface area contributed by atoms with Crippen LogP contribution >= 0.6 is 0 Å². The van der Waals surface area contributed by atoms with Gasteiger partial charge in [-0.3, -0.25) is 4.79 Å². The number of nitrogens with zero attached hydrogens (tertiary/aromatic N) is 1. The Kier molecular flexibility index (Phi) is 5.26. The molecule has 0 saturated carbocycles. The van der Waals surface area contributed by atoms with Gasteiger partial charge in [-0.25, -0.2) is 4.72 Å². The minimum atomic E-state index is -3.63. The highest BCUT2D eigenvalue weighted by Crippen LogP contribution is 2.05. The molecule has 0 radical (unpaired) electrons. The molecule has 1 aromatic rings. The maximum Gasteiger partial charge on any atom is 0.304 e. The zero-order valence-corrected chi connectivity index (χ0v) is 10.9. The minimum absolute atomic E-state index is 0.114. The van der Waals surface area contributed by atoms with E-state index < -0.39 is 16.2 Å². The van der Waals surface area contributed by atoms with E-state index >= 15 is 0 Å². The van der Waals surface area contributed by atoms with Gasteiger partial charge in [0.25, 0.3) is 10.2 Å². The fourth-order valence-corrected chi connectivity index (χ4v) is 2.22. The molecule has 1 rings (SSSR count). The molecule has 0 spiro atoms. The lowest BCUT2D eigenvalue weighted by Crippen LogP contribution is -2.38. The predicted octanol–water partition coefficient (Wildman–Crippen LogP) is 0.427. The van der Waals surface area contributed by atoms with Crippen molar-refractivity contribution < 1.29 is 18.3 Å². The lowest BCUT2D eigenvalue weighted by molar-refractivity contribution is -0.136. The van der Waals surface area contributed by atoms with Crippen LogP contribution in [0.3, 0.4) is 0 Å². The molecular weight excluding hydrogens is 256 g/mol. The summed E-state index contributed by atoms with van der Waals surface area (Å²) in [7, 11) is -2.19. The van der Waals surface area contributed by atoms with Gasteiger partial charge in [0.05, 0.1) is 6.42 Å². The van der Waals surface area contributed by atoms with Gasteiger partial charge in [-0.2, -0.15) is 12.7 Å². The Morgan fingerprint density at radius 3 is 2.50 bits per heavy atom. The van der Waals surface area contributed by atoms with E-state index in [4.69, 9.17) is 5.11 Å². The average molecular weight is 272 g/mol. The van der Waals surface area contributed by atoms with E-state index in [2.05, 4.69) is 4.72 Å². The number of carboxylic acids is 1. The highest BCUT2D eigenvalue weighted by Gasteiger charge is 2.17. The summed E-state index contributed by atoms with van der Waals surface area (Å²) in [5.41, 5.74) is 0.864. The fourth-order valence-electron chi connectivity index (χ4n) is 1.32. The summed E-state index contributed by atoms with van der Waals surface area (Å²) in [6.45, 7) is 0.125. The van der Waals surface area contributed by atoms with Gasteiger partial charge in [-0.1, -0.05) is 30.3 Å². The van der Waals surface area contributed by atoms with E-state index in [-0.39, 0.29) is 19.5 Å². The van der Waals surface area contributed by atoms with Gasteiger partial charge in [0.15, 0.2) is 0 Å². The first-order valence-electron chi connectivity index (χ1n) is 5.38. The maximum atomic E-state index is 11.7. The Morgan fingerprint density at radius 2 is 1.94 bits per heavy atom. The molecule has 0 atom stereocenters. The fraction of sp³-hybridized carbons (Fsp3) is 0.364. The van der Waals surface area contributed by atoms with Gasteiger partial charge < -0.3 is 5.11 Å². The summed E-state index contributed by atoms with van der Waals surface area (Å²) in [5, 5.41) is 8.44. The van der Waals surface area contributed by atoms with Crippen LogP contribution < -0.4 is 4.72 Å². The lowest BCUT2D eigenvalue weighted by Gasteiger charge is -2.17. The molecule has 18 heavy (non-hydrogen) atoms. The molecule has 6 nitrogen and oxygen atoms in total. The van der Waals surface area contributed by atoms with Gasteiger partial charge >= 0.3 is 5.97 Å². The van der Waals surface area contributed by atoms with Crippen LogP contribution in [0.5, 0.6) is 0 Å². The number of carbonyl (C=O) groups is 1. The molecule has 0 bridgehead atoms. The van der Waals surface area contributed by atoms with E-state index in [0.717, 1.165) is 9.87 Å². The number of hydrogen-bond donors (Lipinski definition) is 2. The number of nitrogens with one attached hydrogen (secondary N) is 1. The van der Waals surface area contributed by atoms with Crippen LogP contribution in [0, 0.1) is 0 Å². The van der Waals surface area contributed by atoms with Gasteiger partial charge in [0, 0.05) is 20.1 Å². The summed E-state index contributed by atoms with van der Waals surface area (Å²) >= 11 is 0. The molecule has 0 fully saturated rings. The number of rotatable bonds is 7. The van der Waals surface area contributed by atoms with Gasteiger partial charge in [0.1, 0.15) is 0 Å². The van der Waals surface area contributed by atoms with Crippen LogP contribution in [0.1, 0.15) is 12.0 Å². The normalized spacial score (nSPS) is 11.7. The average Bonchev–Trinajstić information content (AvgIpc) is 2.29. The van der Waals surface area contributed by atoms with Gasteiger partial charge in [0.2, 0.25) is 0 Å². The van der Waals surface area contributed by atoms with Crippen LogP contribution in [-0.2, 0) is 21.5 Å². The van der Waals surface area contributed by atoms with Crippen molar-refractivity contribution >= 4 is 16.2 Å². The molecule has 2 N–H and O–H groups in total. The Morgan fingerprint density at radius 1 is 1.33 bits per heavy atom. The van der Waals surface area contributed by atoms with E-state index in [0.29, 0.717) is 0 Å². The summed E-state index contributed by atoms with van der Waals surface area (Å²) in [6, 6.07) is 9.15. The Labute approximate surface area is 106 Å². The van der Waals surface area contributed by atoms with Gasteiger partial charge in [-0.15, -0.1) is 0 Å². The SMILES string of the molecule is CN(Cc1ccccc1)S(=O)(=O)NCCC(=O)O. The quantitative estimate of drug-likeness (QED) is 0.753. The van der Waals surface area contributed by atoms with Crippen molar-refractivity contribution in [2.45, 2.75) is 13.0 Å². The Hall–Kier alpha value is -1.44. The topological polar surface area (TPSA) is 86.7 Å². The third-order valence-corrected chi connectivity index (χ3v) is 3.80. The molecule has 0 aliphatic rings. The van der Waals surface area contributed by atoms with Crippen molar-refractivity contribution in [3.63, 3.8) is 0 Å². The van der Waals surface area contributed by atoms with Crippen LogP contribution in [0.4, 0.5) is 0 Å². The van der Waals surface area contributed by atoms with Crippen molar-refractivity contribution in [1.82, 2.24) is 9.03 Å². The monoisotopic (exact) mass is 272 g/mol. The van der Waals surface area contributed by atoms with Crippen molar-refractivity contribution in [2.75, 3.05) is 13.6 Å². The second-order valence-electron chi connectivity index (χ2n) is 3.78. The first kappa shape index (κ1) is 14.6. The molecule has 0 heterocycles. The molecular formula is C11H16N2O4S. The first-order valence-corrected chi connectivity index (χ1v) is 6.82. The molecule has 1 aromatic carbocycles. The molecule has 7 heteroatoms. The van der Waals surface area contributed by atoms with Crippen LogP contribution in [-0.4, -0.2) is 37.4 Å². The lowest BCUT2D eigenvalue weighted by atomic mass is 10.2. The molecule has 0 aliphatic carbocycles. The summed E-state index contributed by atoms with van der Waals surface area (Å²) in [4.78, 5) is 10.3. The highest BCUT2D eigenvalue weighted by molar-refractivity contribution is 7.87. The van der Waals surface area contributed by atoms with E-state index in [1.165, 1.54) is 7.05 Å². The smallest absolute Gasteiger partial charge is 0.304 e. The maximum absolute atomic E-state index is 11.7. The molecule has 0 saturated heterocycles. The zero-order valence-electron chi connectivity index (χ0n) is 10.0. The minimum Gasteiger partial charge on any atom is -0.481 e. The molecule has 0 unspecified atom stereocenters. The van der Waals surface area contributed by atoms with Crippen molar-refractivity contribution in [1.29, 1.82) is 0 Å². The zero-order chi connectivity index (χ0) is 13.6. The summed E-state index contributed by atoms with van der Waals surface area (Å²) in [6.07, 6.45) is -0.238. The van der Waals surface area contributed by atoms with E-state index in [1.807, 2.05) is 30.3 Å². The Bertz CT molecular complexity index is 487. The second kappa shape index (κ2) is 6.48. The summed E-state index contributed by atoms with van der Waals surface area (Å²) in [5.74, 6) is -1.04. The largest absolute Gasteiger partial charge is 0.481 e. The van der Waals surface area contributed by atoms with Gasteiger partial charge in [-0.05, 0) is 5.56 Å². The Balaban J connectivity index is 2.54. The molecule has 0 amide bonds. The molecule has 0 aromatic heterocycles. The van der Waals surface area contributed by atoms with Crippen molar-refractivity contribution in [3.05, 3.63) is 35.9 Å². The molecule has 100 valence electrons. The van der Waals surface area contributed by atoms with E-state index in [9.17, 15) is 13.2 Å². The number of hydrogen-bond acceptors (Lipinski definition) is 3. The number of benzene rings is 1. The van der Waals surface area contributed by atoms with Crippen molar-refractivity contribution in [2.24, 2.45) is 0 Å². The predicted molar refractivity (Wildman–Crippen MR) is 67.1 cm³/mol.